The van der Waals surface area contributed by atoms with Gasteiger partial charge in [0.15, 0.2) is 11.6 Å². The highest BCUT2D eigenvalue weighted by molar-refractivity contribution is 5.64. The standard InChI is InChI=1S/C14H13FN6O/c1-2-11-13(22)14(18-7-17-11)20-12-4-3-9(5-10(12)15)21-8-16-6-19-21/h3-8,22H,2H2,1H3,(H,17,18,20). The van der Waals surface area contributed by atoms with Crippen molar-refractivity contribution in [1.82, 2.24) is 24.7 Å². The zero-order valence-corrected chi connectivity index (χ0v) is 11.7. The summed E-state index contributed by atoms with van der Waals surface area (Å²) in [6.07, 6.45) is 4.72. The van der Waals surface area contributed by atoms with Gasteiger partial charge in [0, 0.05) is 6.07 Å². The quantitative estimate of drug-likeness (QED) is 0.768. The normalized spacial score (nSPS) is 10.6. The number of rotatable bonds is 4. The van der Waals surface area contributed by atoms with Crippen molar-refractivity contribution < 1.29 is 9.50 Å². The minimum atomic E-state index is -0.496. The number of benzene rings is 1. The van der Waals surface area contributed by atoms with E-state index in [0.29, 0.717) is 17.8 Å². The first-order valence-corrected chi connectivity index (χ1v) is 6.63. The molecule has 0 aliphatic heterocycles. The highest BCUT2D eigenvalue weighted by Gasteiger charge is 2.11. The maximum atomic E-state index is 14.2. The van der Waals surface area contributed by atoms with Crippen LogP contribution in [0.15, 0.2) is 37.2 Å². The number of nitrogens with one attached hydrogen (secondary N) is 1. The van der Waals surface area contributed by atoms with Gasteiger partial charge in [-0.1, -0.05) is 6.92 Å². The number of aromatic nitrogens is 5. The molecule has 1 aromatic carbocycles. The van der Waals surface area contributed by atoms with Gasteiger partial charge in [0.05, 0.1) is 17.1 Å². The van der Waals surface area contributed by atoms with Crippen LogP contribution in [0, 0.1) is 5.82 Å². The highest BCUT2D eigenvalue weighted by Crippen LogP contribution is 2.28. The predicted molar refractivity (Wildman–Crippen MR) is 77.7 cm³/mol. The molecular formula is C14H13FN6O. The molecule has 112 valence electrons. The molecule has 3 rings (SSSR count). The van der Waals surface area contributed by atoms with Crippen LogP contribution < -0.4 is 5.32 Å². The van der Waals surface area contributed by atoms with Gasteiger partial charge in [-0.3, -0.25) is 0 Å². The molecule has 2 aromatic heterocycles. The monoisotopic (exact) mass is 300 g/mol. The van der Waals surface area contributed by atoms with Gasteiger partial charge < -0.3 is 10.4 Å². The first kappa shape index (κ1) is 13.9. The van der Waals surface area contributed by atoms with E-state index in [4.69, 9.17) is 0 Å². The van der Waals surface area contributed by atoms with Gasteiger partial charge in [-0.2, -0.15) is 5.10 Å². The van der Waals surface area contributed by atoms with Gasteiger partial charge in [-0.25, -0.2) is 24.0 Å². The number of anilines is 2. The van der Waals surface area contributed by atoms with E-state index in [-0.39, 0.29) is 17.3 Å². The highest BCUT2D eigenvalue weighted by atomic mass is 19.1. The summed E-state index contributed by atoms with van der Waals surface area (Å²) in [6, 6.07) is 4.54. The zero-order valence-electron chi connectivity index (χ0n) is 11.7. The summed E-state index contributed by atoms with van der Waals surface area (Å²) < 4.78 is 15.6. The molecular weight excluding hydrogens is 287 g/mol. The van der Waals surface area contributed by atoms with Crippen molar-refractivity contribution in [2.75, 3.05) is 5.32 Å². The number of halogens is 1. The fourth-order valence-electron chi connectivity index (χ4n) is 1.98. The van der Waals surface area contributed by atoms with Crippen LogP contribution in [0.5, 0.6) is 5.75 Å². The van der Waals surface area contributed by atoms with Crippen LogP contribution >= 0.6 is 0 Å². The minimum absolute atomic E-state index is 0.0789. The maximum absolute atomic E-state index is 14.2. The Morgan fingerprint density at radius 1 is 1.27 bits per heavy atom. The molecule has 0 bridgehead atoms. The van der Waals surface area contributed by atoms with Crippen molar-refractivity contribution in [3.05, 3.63) is 48.7 Å². The molecule has 2 N–H and O–H groups in total. The second kappa shape index (κ2) is 5.76. The van der Waals surface area contributed by atoms with E-state index >= 15 is 0 Å². The van der Waals surface area contributed by atoms with Crippen molar-refractivity contribution in [3.63, 3.8) is 0 Å². The topological polar surface area (TPSA) is 88.8 Å². The zero-order chi connectivity index (χ0) is 15.5. The van der Waals surface area contributed by atoms with Gasteiger partial charge in [0.25, 0.3) is 0 Å². The number of aromatic hydroxyl groups is 1. The molecule has 3 aromatic rings. The SMILES string of the molecule is CCc1ncnc(Nc2ccc(-n3cncn3)cc2F)c1O. The van der Waals surface area contributed by atoms with Crippen LogP contribution in [0.3, 0.4) is 0 Å². The molecule has 0 saturated carbocycles. The molecule has 0 amide bonds. The van der Waals surface area contributed by atoms with E-state index in [2.05, 4.69) is 25.4 Å². The van der Waals surface area contributed by atoms with Crippen LogP contribution in [-0.2, 0) is 6.42 Å². The maximum Gasteiger partial charge on any atom is 0.180 e. The third-order valence-corrected chi connectivity index (χ3v) is 3.12. The van der Waals surface area contributed by atoms with Gasteiger partial charge in [-0.05, 0) is 18.6 Å². The smallest absolute Gasteiger partial charge is 0.180 e. The Kier molecular flexibility index (Phi) is 3.65. The average molecular weight is 300 g/mol. The Morgan fingerprint density at radius 3 is 2.82 bits per heavy atom. The third kappa shape index (κ3) is 2.58. The molecule has 0 saturated heterocycles. The van der Waals surface area contributed by atoms with E-state index in [0.717, 1.165) is 0 Å². The Balaban J connectivity index is 1.90. The minimum Gasteiger partial charge on any atom is -0.503 e. The van der Waals surface area contributed by atoms with E-state index in [1.54, 1.807) is 12.1 Å². The Hall–Kier alpha value is -3.03. The summed E-state index contributed by atoms with van der Waals surface area (Å²) in [7, 11) is 0. The van der Waals surface area contributed by atoms with Gasteiger partial charge in [-0.15, -0.1) is 0 Å². The molecule has 0 unspecified atom stereocenters. The van der Waals surface area contributed by atoms with Crippen LogP contribution in [-0.4, -0.2) is 29.8 Å². The summed E-state index contributed by atoms with van der Waals surface area (Å²) in [5.41, 5.74) is 1.23. The second-order valence-electron chi connectivity index (χ2n) is 4.50. The Labute approximate surface area is 125 Å². The fourth-order valence-corrected chi connectivity index (χ4v) is 1.98. The van der Waals surface area contributed by atoms with Crippen LogP contribution in [0.25, 0.3) is 5.69 Å². The van der Waals surface area contributed by atoms with Crippen LogP contribution in [0.4, 0.5) is 15.9 Å². The molecule has 8 heteroatoms. The van der Waals surface area contributed by atoms with E-state index in [1.165, 1.54) is 29.7 Å². The summed E-state index contributed by atoms with van der Waals surface area (Å²) in [4.78, 5) is 11.7. The molecule has 0 aliphatic carbocycles. The largest absolute Gasteiger partial charge is 0.503 e. The first-order chi connectivity index (χ1) is 10.7. The Bertz CT molecular complexity index is 790. The first-order valence-electron chi connectivity index (χ1n) is 6.63. The van der Waals surface area contributed by atoms with Crippen LogP contribution in [0.1, 0.15) is 12.6 Å². The lowest BCUT2D eigenvalue weighted by molar-refractivity contribution is 0.464. The molecule has 0 aliphatic rings. The third-order valence-electron chi connectivity index (χ3n) is 3.12. The van der Waals surface area contributed by atoms with E-state index < -0.39 is 5.82 Å². The number of nitrogens with zero attached hydrogens (tertiary/aromatic N) is 5. The number of aryl methyl sites for hydroxylation is 1. The van der Waals surface area contributed by atoms with Crippen molar-refractivity contribution in [2.45, 2.75) is 13.3 Å². The molecule has 0 fully saturated rings. The molecule has 0 atom stereocenters. The number of hydrogen-bond donors (Lipinski definition) is 2. The van der Waals surface area contributed by atoms with Crippen molar-refractivity contribution in [1.29, 1.82) is 0 Å². The molecule has 7 nitrogen and oxygen atoms in total. The molecule has 0 spiro atoms. The summed E-state index contributed by atoms with van der Waals surface area (Å²) in [5, 5.41) is 16.7. The van der Waals surface area contributed by atoms with Crippen molar-refractivity contribution in [2.24, 2.45) is 0 Å². The lowest BCUT2D eigenvalue weighted by atomic mass is 10.2. The molecule has 2 heterocycles. The number of hydrogen-bond acceptors (Lipinski definition) is 6. The Morgan fingerprint density at radius 2 is 2.14 bits per heavy atom. The van der Waals surface area contributed by atoms with E-state index in [1.807, 2.05) is 6.92 Å². The molecule has 0 radical (unpaired) electrons. The summed E-state index contributed by atoms with van der Waals surface area (Å²) >= 11 is 0. The van der Waals surface area contributed by atoms with Crippen LogP contribution in [0.2, 0.25) is 0 Å². The molecule has 22 heavy (non-hydrogen) atoms. The second-order valence-corrected chi connectivity index (χ2v) is 4.50. The average Bonchev–Trinajstić information content (AvgIpc) is 3.05. The lowest BCUT2D eigenvalue weighted by Crippen LogP contribution is -2.01. The van der Waals surface area contributed by atoms with Gasteiger partial charge in [0.1, 0.15) is 24.8 Å². The lowest BCUT2D eigenvalue weighted by Gasteiger charge is -2.11. The predicted octanol–water partition coefficient (Wildman–Crippen LogP) is 2.21. The van der Waals surface area contributed by atoms with E-state index in [9.17, 15) is 9.50 Å². The van der Waals surface area contributed by atoms with Gasteiger partial charge >= 0.3 is 0 Å². The fraction of sp³-hybridized carbons (Fsp3) is 0.143. The van der Waals surface area contributed by atoms with Crippen molar-refractivity contribution in [3.8, 4) is 11.4 Å². The summed E-state index contributed by atoms with van der Waals surface area (Å²) in [5.74, 6) is -0.409. The summed E-state index contributed by atoms with van der Waals surface area (Å²) in [6.45, 7) is 1.86. The van der Waals surface area contributed by atoms with Crippen molar-refractivity contribution >= 4 is 11.5 Å². The van der Waals surface area contributed by atoms with Gasteiger partial charge in [0.2, 0.25) is 0 Å².